The molecule has 4 heteroatoms. The Balaban J connectivity index is 4.66. The van der Waals surface area contributed by atoms with Crippen molar-refractivity contribution in [1.29, 1.82) is 0 Å². The Hall–Kier alpha value is -1.45. The van der Waals surface area contributed by atoms with E-state index >= 15 is 0 Å². The van der Waals surface area contributed by atoms with E-state index in [1.54, 1.807) is 13.0 Å². The third kappa shape index (κ3) is 4.90. The summed E-state index contributed by atoms with van der Waals surface area (Å²) in [5.74, 6) is 0.834. The van der Waals surface area contributed by atoms with E-state index in [0.29, 0.717) is 17.3 Å². The Morgan fingerprint density at radius 2 is 2.00 bits per heavy atom. The zero-order valence-corrected chi connectivity index (χ0v) is 8.37. The van der Waals surface area contributed by atoms with Crippen molar-refractivity contribution in [2.45, 2.75) is 26.9 Å². The zero-order valence-electron chi connectivity index (χ0n) is 8.37. The average molecular weight is 183 g/mol. The van der Waals surface area contributed by atoms with Gasteiger partial charge in [-0.3, -0.25) is 0 Å². The Labute approximate surface area is 79.0 Å². The van der Waals surface area contributed by atoms with E-state index in [1.807, 2.05) is 13.8 Å². The number of allylic oxidation sites excluding steroid dienone is 2. The topological polar surface area (TPSA) is 73.6 Å². The molecule has 0 spiro atoms. The molecule has 0 aromatic carbocycles. The van der Waals surface area contributed by atoms with Crippen LogP contribution in [0, 0.1) is 0 Å². The maximum absolute atomic E-state index is 5.58. The maximum atomic E-state index is 5.58. The first kappa shape index (κ1) is 11.6. The minimum Gasteiger partial charge on any atom is -0.489 e. The maximum Gasteiger partial charge on any atom is 0.141 e. The molecule has 0 aliphatic rings. The molecule has 74 valence electrons. The summed E-state index contributed by atoms with van der Waals surface area (Å²) >= 11 is 0. The summed E-state index contributed by atoms with van der Waals surface area (Å²) in [6, 6.07) is 0. The van der Waals surface area contributed by atoms with E-state index in [2.05, 4.69) is 11.7 Å². The Morgan fingerprint density at radius 3 is 2.31 bits per heavy atom. The van der Waals surface area contributed by atoms with Gasteiger partial charge in [-0.05, 0) is 27.5 Å². The van der Waals surface area contributed by atoms with Crippen molar-refractivity contribution in [1.82, 2.24) is 0 Å². The SMILES string of the molecule is C=N/C(N)=C\C(OC(C)C)=C(/C)N. The second-order valence-electron chi connectivity index (χ2n) is 2.94. The number of hydrogen-bond donors (Lipinski definition) is 2. The first-order valence-electron chi connectivity index (χ1n) is 4.04. The summed E-state index contributed by atoms with van der Waals surface area (Å²) in [6.07, 6.45) is 1.62. The zero-order chi connectivity index (χ0) is 10.4. The molecule has 0 saturated heterocycles. The van der Waals surface area contributed by atoms with E-state index in [1.165, 1.54) is 0 Å². The first-order valence-corrected chi connectivity index (χ1v) is 4.04. The molecular formula is C9H17N3O. The minimum atomic E-state index is 0.0577. The molecular weight excluding hydrogens is 166 g/mol. The number of nitrogens with zero attached hydrogens (tertiary/aromatic N) is 1. The summed E-state index contributed by atoms with van der Waals surface area (Å²) in [4.78, 5) is 3.54. The van der Waals surface area contributed by atoms with Gasteiger partial charge in [0.05, 0.1) is 6.10 Å². The third-order valence-corrected chi connectivity index (χ3v) is 1.21. The van der Waals surface area contributed by atoms with Crippen LogP contribution in [0.2, 0.25) is 0 Å². The van der Waals surface area contributed by atoms with Crippen molar-refractivity contribution in [3.05, 3.63) is 23.4 Å². The lowest BCUT2D eigenvalue weighted by Gasteiger charge is -2.12. The van der Waals surface area contributed by atoms with Crippen LogP contribution in [0.4, 0.5) is 0 Å². The van der Waals surface area contributed by atoms with Gasteiger partial charge in [0.1, 0.15) is 11.6 Å². The quantitative estimate of drug-likeness (QED) is 0.389. The van der Waals surface area contributed by atoms with E-state index < -0.39 is 0 Å². The van der Waals surface area contributed by atoms with Crippen molar-refractivity contribution in [2.75, 3.05) is 0 Å². The van der Waals surface area contributed by atoms with E-state index in [9.17, 15) is 0 Å². The van der Waals surface area contributed by atoms with Gasteiger partial charge in [0.25, 0.3) is 0 Å². The van der Waals surface area contributed by atoms with Crippen LogP contribution in [-0.2, 0) is 4.74 Å². The summed E-state index contributed by atoms with van der Waals surface area (Å²) < 4.78 is 5.39. The first-order chi connectivity index (χ1) is 5.97. The lowest BCUT2D eigenvalue weighted by Crippen LogP contribution is -2.08. The van der Waals surface area contributed by atoms with Gasteiger partial charge in [-0.1, -0.05) is 0 Å². The summed E-state index contributed by atoms with van der Waals surface area (Å²) in [7, 11) is 0. The third-order valence-electron chi connectivity index (χ3n) is 1.21. The Kier molecular flexibility index (Phi) is 4.66. The van der Waals surface area contributed by atoms with Gasteiger partial charge in [0.2, 0.25) is 0 Å². The molecule has 0 radical (unpaired) electrons. The van der Waals surface area contributed by atoms with Crippen LogP contribution in [0.3, 0.4) is 0 Å². The van der Waals surface area contributed by atoms with Crippen LogP contribution in [0.5, 0.6) is 0 Å². The largest absolute Gasteiger partial charge is 0.489 e. The van der Waals surface area contributed by atoms with Gasteiger partial charge in [0.15, 0.2) is 0 Å². The molecule has 0 bridgehead atoms. The monoisotopic (exact) mass is 183 g/mol. The fourth-order valence-corrected chi connectivity index (χ4v) is 0.675. The van der Waals surface area contributed by atoms with Crippen molar-refractivity contribution in [2.24, 2.45) is 16.5 Å². The highest BCUT2D eigenvalue weighted by molar-refractivity contribution is 5.30. The molecule has 0 unspecified atom stereocenters. The van der Waals surface area contributed by atoms with E-state index in [0.717, 1.165) is 0 Å². The van der Waals surface area contributed by atoms with Gasteiger partial charge in [-0.15, -0.1) is 0 Å². The van der Waals surface area contributed by atoms with Gasteiger partial charge >= 0.3 is 0 Å². The van der Waals surface area contributed by atoms with Gasteiger partial charge in [-0.2, -0.15) is 0 Å². The highest BCUT2D eigenvalue weighted by Crippen LogP contribution is 2.08. The van der Waals surface area contributed by atoms with Crippen molar-refractivity contribution in [3.8, 4) is 0 Å². The van der Waals surface area contributed by atoms with Crippen molar-refractivity contribution >= 4 is 6.72 Å². The molecule has 0 saturated carbocycles. The molecule has 0 aliphatic carbocycles. The second kappa shape index (κ2) is 5.24. The molecule has 0 aromatic heterocycles. The Bertz CT molecular complexity index is 237. The number of ether oxygens (including phenoxy) is 1. The predicted octanol–water partition coefficient (Wildman–Crippen LogP) is 1.10. The van der Waals surface area contributed by atoms with Crippen molar-refractivity contribution in [3.63, 3.8) is 0 Å². The molecule has 0 heterocycles. The molecule has 0 amide bonds. The van der Waals surface area contributed by atoms with Crippen LogP contribution in [0.1, 0.15) is 20.8 Å². The molecule has 0 atom stereocenters. The highest BCUT2D eigenvalue weighted by atomic mass is 16.5. The summed E-state index contributed by atoms with van der Waals surface area (Å²) in [5.41, 5.74) is 11.6. The van der Waals surface area contributed by atoms with Crippen LogP contribution in [0.25, 0.3) is 0 Å². The lowest BCUT2D eigenvalue weighted by molar-refractivity contribution is 0.154. The predicted molar refractivity (Wildman–Crippen MR) is 54.9 cm³/mol. The number of rotatable bonds is 4. The van der Waals surface area contributed by atoms with Crippen LogP contribution >= 0.6 is 0 Å². The average Bonchev–Trinajstić information content (AvgIpc) is 2.02. The molecule has 13 heavy (non-hydrogen) atoms. The molecule has 0 fully saturated rings. The Morgan fingerprint density at radius 1 is 1.46 bits per heavy atom. The second-order valence-corrected chi connectivity index (χ2v) is 2.94. The summed E-state index contributed by atoms with van der Waals surface area (Å²) in [5, 5.41) is 0. The molecule has 0 rings (SSSR count). The number of nitrogens with two attached hydrogens (primary N) is 2. The smallest absolute Gasteiger partial charge is 0.141 e. The summed E-state index contributed by atoms with van der Waals surface area (Å²) in [6.45, 7) is 8.85. The lowest BCUT2D eigenvalue weighted by atomic mass is 10.3. The minimum absolute atomic E-state index is 0.0577. The van der Waals surface area contributed by atoms with Crippen molar-refractivity contribution < 1.29 is 4.74 Å². The molecule has 4 nitrogen and oxygen atoms in total. The van der Waals surface area contributed by atoms with Crippen LogP contribution in [0.15, 0.2) is 28.3 Å². The van der Waals surface area contributed by atoms with E-state index in [4.69, 9.17) is 16.2 Å². The van der Waals surface area contributed by atoms with E-state index in [-0.39, 0.29) is 6.10 Å². The van der Waals surface area contributed by atoms with Gasteiger partial charge in [-0.25, -0.2) is 4.99 Å². The van der Waals surface area contributed by atoms with Gasteiger partial charge in [0, 0.05) is 11.8 Å². The van der Waals surface area contributed by atoms with Crippen LogP contribution in [-0.4, -0.2) is 12.8 Å². The number of hydrogen-bond acceptors (Lipinski definition) is 4. The molecule has 0 aromatic rings. The standard InChI is InChI=1S/C9H17N3O/c1-6(2)13-8(7(3)10)5-9(11)12-4/h5-6H,4,10-11H2,1-3H3/b8-7-,9-5-. The van der Waals surface area contributed by atoms with Gasteiger partial charge < -0.3 is 16.2 Å². The molecule has 4 N–H and O–H groups in total. The molecule has 0 aliphatic heterocycles. The number of aliphatic imine (C=N–C) groups is 1. The normalized spacial score (nSPS) is 14.0. The fourth-order valence-electron chi connectivity index (χ4n) is 0.675. The van der Waals surface area contributed by atoms with Crippen LogP contribution < -0.4 is 11.5 Å². The highest BCUT2D eigenvalue weighted by Gasteiger charge is 2.01. The fraction of sp³-hybridized carbons (Fsp3) is 0.444.